The molecule has 1 saturated heterocycles. The first-order valence-corrected chi connectivity index (χ1v) is 14.1. The van der Waals surface area contributed by atoms with Crippen molar-refractivity contribution in [3.8, 4) is 22.5 Å². The Morgan fingerprint density at radius 3 is 2.37 bits per heavy atom. The van der Waals surface area contributed by atoms with E-state index in [2.05, 4.69) is 22.0 Å². The molecule has 2 aromatic carbocycles. The quantitative estimate of drug-likeness (QED) is 0.273. The third-order valence-corrected chi connectivity index (χ3v) is 8.57. The average Bonchev–Trinajstić information content (AvgIpc) is 3.63. The summed E-state index contributed by atoms with van der Waals surface area (Å²) in [5, 5.41) is 4.43. The smallest absolute Gasteiger partial charge is 0.379 e. The first-order valence-electron chi connectivity index (χ1n) is 13.3. The zero-order valence-corrected chi connectivity index (χ0v) is 27.0. The van der Waals surface area contributed by atoms with Gasteiger partial charge in [-0.1, -0.05) is 60.6 Å². The van der Waals surface area contributed by atoms with Crippen molar-refractivity contribution in [3.05, 3.63) is 96.4 Å². The molecule has 0 amide bonds. The molecule has 4 heterocycles. The van der Waals surface area contributed by atoms with E-state index in [9.17, 15) is 14.4 Å². The zero-order chi connectivity index (χ0) is 27.6. The Morgan fingerprint density at radius 2 is 1.68 bits per heavy atom. The summed E-state index contributed by atoms with van der Waals surface area (Å²) in [6.07, 6.45) is 0.797. The van der Waals surface area contributed by atoms with Crippen LogP contribution in [0.2, 0.25) is 0 Å². The summed E-state index contributed by atoms with van der Waals surface area (Å²) in [6.45, 7) is 6.28. The monoisotopic (exact) mass is 598 g/mol. The van der Waals surface area contributed by atoms with Crippen molar-refractivity contribution in [2.45, 2.75) is 26.4 Å². The molecule has 1 radical (unpaired) electrons. The van der Waals surface area contributed by atoms with E-state index in [0.717, 1.165) is 46.6 Å². The number of nitrogens with one attached hydrogen (secondary N) is 1. The first kappa shape index (κ1) is 30.0. The number of H-pyrrole nitrogens is 1. The Bertz CT molecular complexity index is 1830. The van der Waals surface area contributed by atoms with Crippen LogP contribution in [0.15, 0.2) is 73.5 Å². The number of ether oxygens (including phenoxy) is 1. The van der Waals surface area contributed by atoms with E-state index >= 15 is 0 Å². The molecule has 0 unspecified atom stereocenters. The molecular weight excluding hydrogens is 570 g/mol. The van der Waals surface area contributed by atoms with Gasteiger partial charge in [0.05, 0.1) is 25.1 Å². The summed E-state index contributed by atoms with van der Waals surface area (Å²) >= 11 is 1.51. The van der Waals surface area contributed by atoms with Crippen LogP contribution in [0.3, 0.4) is 0 Å². The van der Waals surface area contributed by atoms with Crippen molar-refractivity contribution in [2.24, 2.45) is 0 Å². The predicted molar refractivity (Wildman–Crippen MR) is 160 cm³/mol. The van der Waals surface area contributed by atoms with Gasteiger partial charge in [-0.15, -0.1) is 11.3 Å². The molecule has 6 rings (SSSR count). The summed E-state index contributed by atoms with van der Waals surface area (Å²) in [6, 6.07) is 17.5. The number of hydrogen-bond acceptors (Lipinski definition) is 8. The number of aromatic nitrogens is 4. The molecular formula is C29H29KN5O5S. The predicted octanol–water partition coefficient (Wildman–Crippen LogP) is 2.80. The molecule has 0 aliphatic carbocycles. The Labute approximate surface area is 282 Å². The fourth-order valence-electron chi connectivity index (χ4n) is 5.09. The Hall–Kier alpha value is -2.42. The van der Waals surface area contributed by atoms with E-state index in [1.54, 1.807) is 4.57 Å². The molecule has 0 saturated carbocycles. The van der Waals surface area contributed by atoms with E-state index in [1.165, 1.54) is 15.9 Å². The average molecular weight is 599 g/mol. The number of benzene rings is 2. The molecule has 1 aliphatic heterocycles. The van der Waals surface area contributed by atoms with Crippen LogP contribution < -0.4 is 17.0 Å². The minimum absolute atomic E-state index is 0. The summed E-state index contributed by atoms with van der Waals surface area (Å²) in [5.41, 5.74) is 2.99. The fourth-order valence-corrected chi connectivity index (χ4v) is 6.16. The molecule has 1 N–H and O–H groups in total. The molecule has 41 heavy (non-hydrogen) atoms. The summed E-state index contributed by atoms with van der Waals surface area (Å²) < 4.78 is 13.2. The van der Waals surface area contributed by atoms with Gasteiger partial charge < -0.3 is 4.74 Å². The van der Waals surface area contributed by atoms with Gasteiger partial charge in [0.2, 0.25) is 0 Å². The maximum absolute atomic E-state index is 13.7. The van der Waals surface area contributed by atoms with E-state index in [4.69, 9.17) is 9.26 Å². The Kier molecular flexibility index (Phi) is 9.72. The largest absolute Gasteiger partial charge is 0.439 e. The maximum Gasteiger partial charge on any atom is 0.439 e. The number of rotatable bonds is 8. The van der Waals surface area contributed by atoms with E-state index in [-0.39, 0.29) is 62.6 Å². The van der Waals surface area contributed by atoms with E-state index in [1.807, 2.05) is 54.6 Å². The molecule has 0 spiro atoms. The third kappa shape index (κ3) is 6.35. The fraction of sp³-hybridized carbons (Fsp3) is 0.310. The van der Waals surface area contributed by atoms with E-state index < -0.39 is 5.76 Å². The topological polar surface area (TPSA) is 115 Å². The van der Waals surface area contributed by atoms with Crippen LogP contribution in [0.4, 0.5) is 0 Å². The van der Waals surface area contributed by atoms with Crippen molar-refractivity contribution < 1.29 is 9.26 Å². The van der Waals surface area contributed by atoms with Crippen LogP contribution >= 0.6 is 11.3 Å². The molecule has 207 valence electrons. The molecule has 10 nitrogen and oxygen atoms in total. The summed E-state index contributed by atoms with van der Waals surface area (Å²) in [5.74, 6) is -0.245. The first-order chi connectivity index (χ1) is 19.5. The van der Waals surface area contributed by atoms with Crippen LogP contribution in [0.5, 0.6) is 0 Å². The Balaban J connectivity index is 0.00000337. The van der Waals surface area contributed by atoms with Crippen molar-refractivity contribution >= 4 is 72.9 Å². The minimum Gasteiger partial charge on any atom is -0.379 e. The SMILES string of the molecule is CCc1cc2c(=O)n(CCN3CCOCC3)c(=O)n(Cc3ccc(-c4ccccc4-c4noc(=O)[nH]4)cc3)c2s1.[K]. The molecule has 0 bridgehead atoms. The van der Waals surface area contributed by atoms with Crippen LogP contribution in [0, 0.1) is 0 Å². The molecule has 1 fully saturated rings. The number of aromatic amines is 1. The molecule has 5 aromatic rings. The van der Waals surface area contributed by atoms with Crippen molar-refractivity contribution in [1.82, 2.24) is 24.2 Å². The van der Waals surface area contributed by atoms with E-state index in [0.29, 0.717) is 48.9 Å². The molecule has 3 aromatic heterocycles. The molecule has 1 aliphatic rings. The maximum atomic E-state index is 13.7. The third-order valence-electron chi connectivity index (χ3n) is 7.27. The number of hydrogen-bond donors (Lipinski definition) is 1. The van der Waals surface area contributed by atoms with Gasteiger partial charge in [0.1, 0.15) is 4.83 Å². The summed E-state index contributed by atoms with van der Waals surface area (Å²) in [7, 11) is 0. The van der Waals surface area contributed by atoms with Gasteiger partial charge >= 0.3 is 11.4 Å². The van der Waals surface area contributed by atoms with Crippen LogP contribution in [0.25, 0.3) is 32.7 Å². The Morgan fingerprint density at radius 1 is 0.951 bits per heavy atom. The normalized spacial score (nSPS) is 13.9. The van der Waals surface area contributed by atoms with Crippen molar-refractivity contribution in [2.75, 3.05) is 32.8 Å². The van der Waals surface area contributed by atoms with Gasteiger partial charge in [-0.05, 0) is 29.2 Å². The molecule has 0 atom stereocenters. The molecule has 12 heteroatoms. The van der Waals surface area contributed by atoms with Crippen molar-refractivity contribution in [1.29, 1.82) is 0 Å². The number of morpholine rings is 1. The van der Waals surface area contributed by atoms with Crippen LogP contribution in [0.1, 0.15) is 17.4 Å². The van der Waals surface area contributed by atoms with Gasteiger partial charge in [0.15, 0.2) is 5.82 Å². The van der Waals surface area contributed by atoms with Gasteiger partial charge in [0, 0.05) is 88.0 Å². The number of thiophene rings is 1. The summed E-state index contributed by atoms with van der Waals surface area (Å²) in [4.78, 5) is 45.2. The number of nitrogens with zero attached hydrogens (tertiary/aromatic N) is 4. The van der Waals surface area contributed by atoms with Gasteiger partial charge in [-0.2, -0.15) is 0 Å². The van der Waals surface area contributed by atoms with Crippen LogP contribution in [-0.4, -0.2) is 108 Å². The minimum atomic E-state index is -0.608. The second kappa shape index (κ2) is 13.3. The zero-order valence-electron chi connectivity index (χ0n) is 23.1. The number of aryl methyl sites for hydroxylation is 1. The van der Waals surface area contributed by atoms with Crippen LogP contribution in [-0.2, 0) is 24.2 Å². The number of fused-ring (bicyclic) bond motifs is 1. The second-order valence-electron chi connectivity index (χ2n) is 9.75. The van der Waals surface area contributed by atoms with Gasteiger partial charge in [0.25, 0.3) is 5.56 Å². The van der Waals surface area contributed by atoms with Gasteiger partial charge in [-0.3, -0.25) is 28.3 Å². The van der Waals surface area contributed by atoms with Crippen molar-refractivity contribution in [3.63, 3.8) is 0 Å². The second-order valence-corrected chi connectivity index (χ2v) is 10.9. The van der Waals surface area contributed by atoms with Gasteiger partial charge in [-0.25, -0.2) is 9.59 Å². The standard InChI is InChI=1S/C29H29N5O5S.K/c1-2-21-17-24-26(35)33(12-11-32-13-15-38-16-14-32)29(37)34(27(24)40-21)18-19-7-9-20(10-8-19)22-5-3-4-6-23(22)25-30-28(36)39-31-25;/h3-10,17H,2,11-16,18H2,1H3,(H,30,31,36);.